The van der Waals surface area contributed by atoms with E-state index in [9.17, 15) is 0 Å². The first-order chi connectivity index (χ1) is 8.24. The van der Waals surface area contributed by atoms with Gasteiger partial charge in [-0.05, 0) is 44.0 Å². The lowest BCUT2D eigenvalue weighted by molar-refractivity contribution is 0.128. The van der Waals surface area contributed by atoms with Crippen molar-refractivity contribution in [1.82, 2.24) is 4.90 Å². The molecule has 0 radical (unpaired) electrons. The SMILES string of the molecule is CCCN1CCCC(N)C1c1ccccc1Br. The predicted octanol–water partition coefficient (Wildman–Crippen LogP) is 3.32. The van der Waals surface area contributed by atoms with E-state index in [1.54, 1.807) is 0 Å². The number of piperidine rings is 1. The van der Waals surface area contributed by atoms with Gasteiger partial charge < -0.3 is 5.73 Å². The van der Waals surface area contributed by atoms with Crippen LogP contribution in [0.4, 0.5) is 0 Å². The van der Waals surface area contributed by atoms with E-state index >= 15 is 0 Å². The molecule has 2 nitrogen and oxygen atoms in total. The molecular formula is C14H21BrN2. The smallest absolute Gasteiger partial charge is 0.0510 e. The average molecular weight is 297 g/mol. The van der Waals surface area contributed by atoms with Crippen LogP contribution in [0.25, 0.3) is 0 Å². The minimum Gasteiger partial charge on any atom is -0.326 e. The molecule has 1 saturated heterocycles. The van der Waals surface area contributed by atoms with E-state index in [0.717, 1.165) is 13.0 Å². The molecule has 94 valence electrons. The fourth-order valence-electron chi connectivity index (χ4n) is 2.78. The molecule has 0 aromatic heterocycles. The van der Waals surface area contributed by atoms with Gasteiger partial charge in [-0.2, -0.15) is 0 Å². The molecule has 0 amide bonds. The summed E-state index contributed by atoms with van der Waals surface area (Å²) in [6.45, 7) is 4.55. The van der Waals surface area contributed by atoms with E-state index in [0.29, 0.717) is 6.04 Å². The van der Waals surface area contributed by atoms with Crippen molar-refractivity contribution < 1.29 is 0 Å². The van der Waals surface area contributed by atoms with Crippen LogP contribution in [0.3, 0.4) is 0 Å². The van der Waals surface area contributed by atoms with Gasteiger partial charge in [0.05, 0.1) is 6.04 Å². The molecule has 1 fully saturated rings. The van der Waals surface area contributed by atoms with Crippen LogP contribution in [-0.4, -0.2) is 24.0 Å². The summed E-state index contributed by atoms with van der Waals surface area (Å²) in [4.78, 5) is 2.54. The summed E-state index contributed by atoms with van der Waals surface area (Å²) >= 11 is 3.66. The largest absolute Gasteiger partial charge is 0.326 e. The molecule has 17 heavy (non-hydrogen) atoms. The van der Waals surface area contributed by atoms with Gasteiger partial charge in [0.15, 0.2) is 0 Å². The predicted molar refractivity (Wildman–Crippen MR) is 76.0 cm³/mol. The van der Waals surface area contributed by atoms with Gasteiger partial charge >= 0.3 is 0 Å². The van der Waals surface area contributed by atoms with Crippen molar-refractivity contribution >= 4 is 15.9 Å². The summed E-state index contributed by atoms with van der Waals surface area (Å²) in [7, 11) is 0. The molecule has 2 rings (SSSR count). The Bertz CT molecular complexity index is 365. The summed E-state index contributed by atoms with van der Waals surface area (Å²) in [5.41, 5.74) is 7.68. The van der Waals surface area contributed by atoms with Crippen molar-refractivity contribution in [1.29, 1.82) is 0 Å². The summed E-state index contributed by atoms with van der Waals surface area (Å²) in [5.74, 6) is 0. The zero-order valence-corrected chi connectivity index (χ0v) is 12.0. The first kappa shape index (κ1) is 13.1. The average Bonchev–Trinajstić information content (AvgIpc) is 2.31. The van der Waals surface area contributed by atoms with Crippen LogP contribution >= 0.6 is 15.9 Å². The van der Waals surface area contributed by atoms with Gasteiger partial charge in [-0.3, -0.25) is 4.90 Å². The molecule has 1 heterocycles. The second-order valence-corrected chi connectivity index (χ2v) is 5.66. The molecule has 0 saturated carbocycles. The normalized spacial score (nSPS) is 26.1. The number of nitrogens with zero attached hydrogens (tertiary/aromatic N) is 1. The highest BCUT2D eigenvalue weighted by Gasteiger charge is 2.30. The van der Waals surface area contributed by atoms with Crippen molar-refractivity contribution in [3.05, 3.63) is 34.3 Å². The van der Waals surface area contributed by atoms with E-state index < -0.39 is 0 Å². The van der Waals surface area contributed by atoms with Crippen LogP contribution in [0.2, 0.25) is 0 Å². The van der Waals surface area contributed by atoms with Crippen molar-refractivity contribution in [2.24, 2.45) is 5.73 Å². The number of benzene rings is 1. The van der Waals surface area contributed by atoms with E-state index in [-0.39, 0.29) is 6.04 Å². The molecule has 0 aliphatic carbocycles. The van der Waals surface area contributed by atoms with Crippen molar-refractivity contribution in [2.45, 2.75) is 38.3 Å². The van der Waals surface area contributed by atoms with Crippen molar-refractivity contribution in [3.8, 4) is 0 Å². The van der Waals surface area contributed by atoms with Crippen LogP contribution in [0.5, 0.6) is 0 Å². The van der Waals surface area contributed by atoms with E-state index in [1.807, 2.05) is 0 Å². The minimum absolute atomic E-state index is 0.258. The quantitative estimate of drug-likeness (QED) is 0.927. The number of hydrogen-bond donors (Lipinski definition) is 1. The fourth-order valence-corrected chi connectivity index (χ4v) is 3.30. The second-order valence-electron chi connectivity index (χ2n) is 4.81. The highest BCUT2D eigenvalue weighted by molar-refractivity contribution is 9.10. The number of hydrogen-bond acceptors (Lipinski definition) is 2. The zero-order chi connectivity index (χ0) is 12.3. The molecule has 1 aliphatic heterocycles. The first-order valence-corrected chi connectivity index (χ1v) is 7.27. The molecule has 2 atom stereocenters. The van der Waals surface area contributed by atoms with Crippen LogP contribution in [0.1, 0.15) is 37.8 Å². The first-order valence-electron chi connectivity index (χ1n) is 6.48. The molecule has 2 unspecified atom stereocenters. The molecule has 0 bridgehead atoms. The number of rotatable bonds is 3. The lowest BCUT2D eigenvalue weighted by Gasteiger charge is -2.40. The third-order valence-corrected chi connectivity index (χ3v) is 4.24. The maximum absolute atomic E-state index is 6.34. The van der Waals surface area contributed by atoms with Gasteiger partial charge in [0, 0.05) is 10.5 Å². The zero-order valence-electron chi connectivity index (χ0n) is 10.4. The molecule has 2 N–H and O–H groups in total. The summed E-state index contributed by atoms with van der Waals surface area (Å²) in [6, 6.07) is 9.11. The Labute approximate surface area is 112 Å². The monoisotopic (exact) mass is 296 g/mol. The second kappa shape index (κ2) is 5.98. The van der Waals surface area contributed by atoms with Crippen LogP contribution < -0.4 is 5.73 Å². The van der Waals surface area contributed by atoms with Crippen LogP contribution in [0.15, 0.2) is 28.7 Å². The van der Waals surface area contributed by atoms with Gasteiger partial charge in [0.1, 0.15) is 0 Å². The van der Waals surface area contributed by atoms with Gasteiger partial charge in [-0.1, -0.05) is 41.1 Å². The third kappa shape index (κ3) is 2.90. The molecule has 1 aliphatic rings. The fraction of sp³-hybridized carbons (Fsp3) is 0.571. The molecule has 3 heteroatoms. The Kier molecular flexibility index (Phi) is 4.60. The maximum Gasteiger partial charge on any atom is 0.0510 e. The van der Waals surface area contributed by atoms with Crippen LogP contribution in [0, 0.1) is 0 Å². The standard InChI is InChI=1S/C14H21BrN2/c1-2-9-17-10-5-8-13(16)14(17)11-6-3-4-7-12(11)15/h3-4,6-7,13-14H,2,5,8-10,16H2,1H3. The Morgan fingerprint density at radius 1 is 1.41 bits per heavy atom. The van der Waals surface area contributed by atoms with Gasteiger partial charge in [0.2, 0.25) is 0 Å². The summed E-state index contributed by atoms with van der Waals surface area (Å²) < 4.78 is 1.18. The van der Waals surface area contributed by atoms with Gasteiger partial charge in [-0.25, -0.2) is 0 Å². The molecular weight excluding hydrogens is 276 g/mol. The van der Waals surface area contributed by atoms with Crippen molar-refractivity contribution in [3.63, 3.8) is 0 Å². The topological polar surface area (TPSA) is 29.3 Å². The van der Waals surface area contributed by atoms with E-state index in [1.165, 1.54) is 29.4 Å². The van der Waals surface area contributed by atoms with E-state index in [4.69, 9.17) is 5.73 Å². The number of likely N-dealkylation sites (tertiary alicyclic amines) is 1. The third-order valence-electron chi connectivity index (χ3n) is 3.52. The highest BCUT2D eigenvalue weighted by atomic mass is 79.9. The van der Waals surface area contributed by atoms with Gasteiger partial charge in [0.25, 0.3) is 0 Å². The summed E-state index contributed by atoms with van der Waals surface area (Å²) in [5, 5.41) is 0. The Morgan fingerprint density at radius 2 is 2.18 bits per heavy atom. The maximum atomic E-state index is 6.34. The lowest BCUT2D eigenvalue weighted by atomic mass is 9.91. The van der Waals surface area contributed by atoms with Crippen LogP contribution in [-0.2, 0) is 0 Å². The van der Waals surface area contributed by atoms with E-state index in [2.05, 4.69) is 52.0 Å². The number of halogens is 1. The highest BCUT2D eigenvalue weighted by Crippen LogP contribution is 2.34. The molecule has 0 spiro atoms. The lowest BCUT2D eigenvalue weighted by Crippen LogP contribution is -2.46. The van der Waals surface area contributed by atoms with Gasteiger partial charge in [-0.15, -0.1) is 0 Å². The Hall–Kier alpha value is -0.380. The summed E-state index contributed by atoms with van der Waals surface area (Å²) in [6.07, 6.45) is 3.54. The minimum atomic E-state index is 0.258. The Morgan fingerprint density at radius 3 is 2.88 bits per heavy atom. The molecule has 1 aromatic carbocycles. The Balaban J connectivity index is 2.28. The molecule has 1 aromatic rings. The van der Waals surface area contributed by atoms with Crippen molar-refractivity contribution in [2.75, 3.05) is 13.1 Å². The number of nitrogens with two attached hydrogens (primary N) is 1.